The first-order chi connectivity index (χ1) is 7.97. The molecule has 4 heteroatoms. The van der Waals surface area contributed by atoms with Crippen LogP contribution in [-0.4, -0.2) is 63.2 Å². The normalized spacial score (nSPS) is 13.1. The van der Waals surface area contributed by atoms with Gasteiger partial charge in [0.25, 0.3) is 0 Å². The topological polar surface area (TPSA) is 32.8 Å². The van der Waals surface area contributed by atoms with E-state index in [1.165, 1.54) is 0 Å². The number of carbonyl (C=O) groups excluding carboxylic acids is 1. The summed E-state index contributed by atoms with van der Waals surface area (Å²) in [5, 5.41) is 0. The van der Waals surface area contributed by atoms with Crippen LogP contribution in [0.1, 0.15) is 32.6 Å². The standard InChI is InChI=1S/C13H28N2O2/c1-6-7-8-9-17-13(16)10-12(15(4)5)11-14(2)3/h12H,6-11H2,1-5H3. The molecule has 17 heavy (non-hydrogen) atoms. The van der Waals surface area contributed by atoms with Gasteiger partial charge in [-0.2, -0.15) is 0 Å². The van der Waals surface area contributed by atoms with E-state index in [9.17, 15) is 4.79 Å². The minimum atomic E-state index is -0.0818. The van der Waals surface area contributed by atoms with Crippen LogP contribution in [0.4, 0.5) is 0 Å². The molecule has 0 N–H and O–H groups in total. The van der Waals surface area contributed by atoms with Crippen LogP contribution in [-0.2, 0) is 9.53 Å². The van der Waals surface area contributed by atoms with Gasteiger partial charge >= 0.3 is 5.97 Å². The molecule has 0 bridgehead atoms. The van der Waals surface area contributed by atoms with Gasteiger partial charge in [-0.25, -0.2) is 0 Å². The minimum Gasteiger partial charge on any atom is -0.466 e. The summed E-state index contributed by atoms with van der Waals surface area (Å²) in [6.45, 7) is 3.58. The van der Waals surface area contributed by atoms with E-state index in [2.05, 4.69) is 16.7 Å². The van der Waals surface area contributed by atoms with Crippen molar-refractivity contribution in [2.45, 2.75) is 38.6 Å². The number of hydrogen-bond acceptors (Lipinski definition) is 4. The third-order valence-corrected chi connectivity index (χ3v) is 2.72. The Morgan fingerprint density at radius 1 is 1.18 bits per heavy atom. The number of likely N-dealkylation sites (N-methyl/N-ethyl adjacent to an activating group) is 2. The lowest BCUT2D eigenvalue weighted by molar-refractivity contribution is -0.145. The smallest absolute Gasteiger partial charge is 0.307 e. The van der Waals surface area contributed by atoms with Gasteiger partial charge in [-0.3, -0.25) is 4.79 Å². The second kappa shape index (κ2) is 9.42. The number of ether oxygens (including phenoxy) is 1. The predicted molar refractivity (Wildman–Crippen MR) is 71.1 cm³/mol. The van der Waals surface area contributed by atoms with Crippen molar-refractivity contribution in [2.24, 2.45) is 0 Å². The van der Waals surface area contributed by atoms with Crippen molar-refractivity contribution >= 4 is 5.97 Å². The molecule has 0 amide bonds. The molecule has 0 radical (unpaired) electrons. The number of nitrogens with zero attached hydrogens (tertiary/aromatic N) is 2. The molecule has 102 valence electrons. The first kappa shape index (κ1) is 16.4. The zero-order valence-electron chi connectivity index (χ0n) is 12.0. The molecule has 4 nitrogen and oxygen atoms in total. The highest BCUT2D eigenvalue weighted by Crippen LogP contribution is 2.04. The Kier molecular flexibility index (Phi) is 9.09. The highest BCUT2D eigenvalue weighted by atomic mass is 16.5. The van der Waals surface area contributed by atoms with Gasteiger partial charge in [-0.15, -0.1) is 0 Å². The van der Waals surface area contributed by atoms with Crippen molar-refractivity contribution < 1.29 is 9.53 Å². The Morgan fingerprint density at radius 3 is 2.29 bits per heavy atom. The van der Waals surface area contributed by atoms with Gasteiger partial charge in [0.05, 0.1) is 13.0 Å². The molecule has 0 aromatic rings. The lowest BCUT2D eigenvalue weighted by Gasteiger charge is -2.26. The van der Waals surface area contributed by atoms with E-state index in [-0.39, 0.29) is 12.0 Å². The van der Waals surface area contributed by atoms with Crippen LogP contribution in [0.25, 0.3) is 0 Å². The van der Waals surface area contributed by atoms with Crippen LogP contribution in [0.3, 0.4) is 0 Å². The molecule has 1 unspecified atom stereocenters. The molecule has 0 aliphatic rings. The minimum absolute atomic E-state index is 0.0818. The fourth-order valence-electron chi connectivity index (χ4n) is 1.62. The summed E-state index contributed by atoms with van der Waals surface area (Å²) in [5.74, 6) is -0.0818. The second-order valence-corrected chi connectivity index (χ2v) is 5.01. The van der Waals surface area contributed by atoms with Crippen LogP contribution in [0.5, 0.6) is 0 Å². The fraction of sp³-hybridized carbons (Fsp3) is 0.923. The summed E-state index contributed by atoms with van der Waals surface area (Å²) in [5.41, 5.74) is 0. The van der Waals surface area contributed by atoms with Crippen LogP contribution in [0.2, 0.25) is 0 Å². The predicted octanol–water partition coefficient (Wildman–Crippen LogP) is 1.60. The third kappa shape index (κ3) is 9.12. The summed E-state index contributed by atoms with van der Waals surface area (Å²) in [6.07, 6.45) is 3.72. The zero-order chi connectivity index (χ0) is 13.3. The number of rotatable bonds is 9. The Morgan fingerprint density at radius 2 is 1.82 bits per heavy atom. The van der Waals surface area contributed by atoms with Crippen molar-refractivity contribution in [3.8, 4) is 0 Å². The second-order valence-electron chi connectivity index (χ2n) is 5.01. The van der Waals surface area contributed by atoms with E-state index in [1.807, 2.05) is 28.2 Å². The molecule has 0 saturated heterocycles. The average molecular weight is 244 g/mol. The van der Waals surface area contributed by atoms with Crippen LogP contribution >= 0.6 is 0 Å². The van der Waals surface area contributed by atoms with Crippen LogP contribution in [0, 0.1) is 0 Å². The summed E-state index contributed by atoms with van der Waals surface area (Å²) in [7, 11) is 8.03. The van der Waals surface area contributed by atoms with Gasteiger partial charge in [0.15, 0.2) is 0 Å². The van der Waals surface area contributed by atoms with Gasteiger partial charge in [-0.05, 0) is 34.6 Å². The summed E-state index contributed by atoms with van der Waals surface area (Å²) in [4.78, 5) is 15.8. The van der Waals surface area contributed by atoms with Gasteiger partial charge < -0.3 is 14.5 Å². The summed E-state index contributed by atoms with van der Waals surface area (Å²) < 4.78 is 5.22. The van der Waals surface area contributed by atoms with E-state index in [0.29, 0.717) is 13.0 Å². The molecule has 0 aromatic carbocycles. The lowest BCUT2D eigenvalue weighted by atomic mass is 10.2. The maximum atomic E-state index is 11.6. The molecule has 0 rings (SSSR count). The largest absolute Gasteiger partial charge is 0.466 e. The van der Waals surface area contributed by atoms with Crippen molar-refractivity contribution in [3.05, 3.63) is 0 Å². The molecule has 0 saturated carbocycles. The van der Waals surface area contributed by atoms with Crippen LogP contribution in [0.15, 0.2) is 0 Å². The molecular weight excluding hydrogens is 216 g/mol. The van der Waals surface area contributed by atoms with Crippen molar-refractivity contribution in [2.75, 3.05) is 41.3 Å². The Balaban J connectivity index is 3.87. The van der Waals surface area contributed by atoms with Crippen molar-refractivity contribution in [1.82, 2.24) is 9.80 Å². The maximum absolute atomic E-state index is 11.6. The molecule has 1 atom stereocenters. The first-order valence-electron chi connectivity index (χ1n) is 6.44. The van der Waals surface area contributed by atoms with Gasteiger partial charge in [-0.1, -0.05) is 19.8 Å². The molecular formula is C13H28N2O2. The number of esters is 1. The molecule has 0 aliphatic heterocycles. The SMILES string of the molecule is CCCCCOC(=O)CC(CN(C)C)N(C)C. The quantitative estimate of drug-likeness (QED) is 0.455. The van der Waals surface area contributed by atoms with Crippen LogP contribution < -0.4 is 0 Å². The van der Waals surface area contributed by atoms with Crippen molar-refractivity contribution in [1.29, 1.82) is 0 Å². The molecule has 0 heterocycles. The van der Waals surface area contributed by atoms with Crippen molar-refractivity contribution in [3.63, 3.8) is 0 Å². The van der Waals surface area contributed by atoms with E-state index < -0.39 is 0 Å². The molecule has 0 spiro atoms. The summed E-state index contributed by atoms with van der Waals surface area (Å²) >= 11 is 0. The van der Waals surface area contributed by atoms with Gasteiger partial charge in [0.2, 0.25) is 0 Å². The average Bonchev–Trinajstić information content (AvgIpc) is 2.22. The highest BCUT2D eigenvalue weighted by Gasteiger charge is 2.17. The van der Waals surface area contributed by atoms with E-state index >= 15 is 0 Å². The fourth-order valence-corrected chi connectivity index (χ4v) is 1.62. The first-order valence-corrected chi connectivity index (χ1v) is 6.44. The zero-order valence-corrected chi connectivity index (χ0v) is 12.0. The maximum Gasteiger partial charge on any atom is 0.307 e. The number of unbranched alkanes of at least 4 members (excludes halogenated alkanes) is 2. The van der Waals surface area contributed by atoms with E-state index in [4.69, 9.17) is 4.74 Å². The van der Waals surface area contributed by atoms with E-state index in [0.717, 1.165) is 25.8 Å². The third-order valence-electron chi connectivity index (χ3n) is 2.72. The molecule has 0 aromatic heterocycles. The Labute approximate surface area is 106 Å². The Bertz CT molecular complexity index is 206. The highest BCUT2D eigenvalue weighted by molar-refractivity contribution is 5.70. The Hall–Kier alpha value is -0.610. The molecule has 0 aliphatic carbocycles. The van der Waals surface area contributed by atoms with E-state index in [1.54, 1.807) is 0 Å². The number of carbonyl (C=O) groups is 1. The number of hydrogen-bond donors (Lipinski definition) is 0. The summed E-state index contributed by atoms with van der Waals surface area (Å²) in [6, 6.07) is 0.226. The van der Waals surface area contributed by atoms with Gasteiger partial charge in [0, 0.05) is 12.6 Å². The molecule has 0 fully saturated rings. The monoisotopic (exact) mass is 244 g/mol. The lowest BCUT2D eigenvalue weighted by Crippen LogP contribution is -2.39. The van der Waals surface area contributed by atoms with Gasteiger partial charge in [0.1, 0.15) is 0 Å².